The zero-order valence-electron chi connectivity index (χ0n) is 14.7. The molecule has 1 unspecified atom stereocenters. The van der Waals surface area contributed by atoms with E-state index in [-0.39, 0.29) is 0 Å². The molecule has 0 radical (unpaired) electrons. The van der Waals surface area contributed by atoms with Crippen molar-refractivity contribution in [2.75, 3.05) is 5.73 Å². The highest BCUT2D eigenvalue weighted by Gasteiger charge is 2.28. The molecule has 4 N–H and O–H groups in total. The predicted molar refractivity (Wildman–Crippen MR) is 105 cm³/mol. The van der Waals surface area contributed by atoms with Crippen LogP contribution in [0.15, 0.2) is 54.6 Å². The minimum atomic E-state index is -1.48. The van der Waals surface area contributed by atoms with Gasteiger partial charge in [0.15, 0.2) is 4.75 Å². The smallest absolute Gasteiger partial charge is 0.158 e. The molecule has 0 aromatic heterocycles. The van der Waals surface area contributed by atoms with E-state index in [0.29, 0.717) is 11.6 Å². The van der Waals surface area contributed by atoms with Crippen LogP contribution in [0.2, 0.25) is 0 Å². The second kappa shape index (κ2) is 7.43. The Balaban J connectivity index is 2.59. The average molecular weight is 343 g/mol. The number of hydrogen-bond acceptors (Lipinski definition) is 3. The van der Waals surface area contributed by atoms with Crippen LogP contribution in [0.3, 0.4) is 0 Å². The quantitative estimate of drug-likeness (QED) is 0.631. The van der Waals surface area contributed by atoms with Gasteiger partial charge in [0.05, 0.1) is 0 Å². The Hall–Kier alpha value is -1.75. The lowest BCUT2D eigenvalue weighted by atomic mass is 9.91. The molecule has 0 spiro atoms. The van der Waals surface area contributed by atoms with Crippen LogP contribution >= 0.6 is 0 Å². The lowest BCUT2D eigenvalue weighted by Gasteiger charge is -2.23. The van der Waals surface area contributed by atoms with Crippen molar-refractivity contribution in [1.29, 1.82) is 0 Å². The topological polar surface area (TPSA) is 75.1 Å². The van der Waals surface area contributed by atoms with Gasteiger partial charge in [0.1, 0.15) is 0 Å². The summed E-state index contributed by atoms with van der Waals surface area (Å²) in [5.74, 6) is 0.473. The molecule has 0 bridgehead atoms. The molecular weight excluding hydrogens is 316 g/mol. The Morgan fingerprint density at radius 1 is 1.08 bits per heavy atom. The minimum Gasteiger partial charge on any atom is -0.598 e. The Bertz CT molecular complexity index is 719. The standard InChI is InChI=1S/C20H26N2OS/c1-14(2)15-9-11-16(12-10-15)18(13-20(3,4)24(22)23)17-7-5-6-8-19(17)21/h5-14H,21-22H2,1-4H3. The maximum atomic E-state index is 11.9. The molecule has 0 aliphatic carbocycles. The van der Waals surface area contributed by atoms with E-state index >= 15 is 0 Å². The molecule has 0 aliphatic rings. The SMILES string of the molecule is CC(C)c1ccc(C(=CC(C)(C)[S+](N)[O-])c2ccccc2N)cc1. The van der Waals surface area contributed by atoms with Crippen molar-refractivity contribution in [3.8, 4) is 0 Å². The number of hydrogen-bond donors (Lipinski definition) is 2. The monoisotopic (exact) mass is 342 g/mol. The predicted octanol–water partition coefficient (Wildman–Crippen LogP) is 4.22. The molecule has 2 aromatic carbocycles. The zero-order chi connectivity index (χ0) is 17.9. The molecule has 2 aromatic rings. The summed E-state index contributed by atoms with van der Waals surface area (Å²) in [7, 11) is 0. The molecule has 0 amide bonds. The van der Waals surface area contributed by atoms with Crippen LogP contribution in [0.1, 0.15) is 50.3 Å². The summed E-state index contributed by atoms with van der Waals surface area (Å²) in [6.45, 7) is 8.07. The molecule has 1 atom stereocenters. The number of nitrogen functional groups attached to an aromatic ring is 1. The Kier molecular flexibility index (Phi) is 5.75. The van der Waals surface area contributed by atoms with Gasteiger partial charge in [0.2, 0.25) is 0 Å². The highest BCUT2D eigenvalue weighted by atomic mass is 32.2. The normalized spacial score (nSPS) is 14.0. The van der Waals surface area contributed by atoms with Crippen LogP contribution in [0.25, 0.3) is 5.57 Å². The first kappa shape index (κ1) is 18.6. The molecule has 0 saturated carbocycles. The van der Waals surface area contributed by atoms with Crippen molar-refractivity contribution < 1.29 is 4.55 Å². The van der Waals surface area contributed by atoms with Gasteiger partial charge in [0, 0.05) is 22.6 Å². The van der Waals surface area contributed by atoms with E-state index in [1.54, 1.807) is 0 Å². The molecule has 4 heteroatoms. The van der Waals surface area contributed by atoms with Gasteiger partial charge in [0.25, 0.3) is 0 Å². The van der Waals surface area contributed by atoms with Gasteiger partial charge in [-0.05, 0) is 48.6 Å². The summed E-state index contributed by atoms with van der Waals surface area (Å²) < 4.78 is 11.2. The summed E-state index contributed by atoms with van der Waals surface area (Å²) in [4.78, 5) is 0. The molecule has 0 saturated heterocycles. The van der Waals surface area contributed by atoms with E-state index in [2.05, 4.69) is 38.1 Å². The van der Waals surface area contributed by atoms with Gasteiger partial charge in [-0.15, -0.1) is 0 Å². The van der Waals surface area contributed by atoms with Crippen LogP contribution in [0, 0.1) is 0 Å². The first-order valence-electron chi connectivity index (χ1n) is 8.06. The molecule has 0 heterocycles. The summed E-state index contributed by atoms with van der Waals surface area (Å²) in [6.07, 6.45) is 1.96. The first-order valence-corrected chi connectivity index (χ1v) is 9.28. The fourth-order valence-corrected chi connectivity index (χ4v) is 2.75. The third kappa shape index (κ3) is 4.20. The maximum absolute atomic E-state index is 11.9. The second-order valence-electron chi connectivity index (χ2n) is 6.82. The number of para-hydroxylation sites is 1. The Labute approximate surface area is 148 Å². The van der Waals surface area contributed by atoms with Crippen LogP contribution in [-0.2, 0) is 11.4 Å². The summed E-state index contributed by atoms with van der Waals surface area (Å²) in [5.41, 5.74) is 11.1. The third-order valence-electron chi connectivity index (χ3n) is 4.15. The molecule has 0 aliphatic heterocycles. The number of nitrogens with two attached hydrogens (primary N) is 2. The van der Waals surface area contributed by atoms with E-state index < -0.39 is 16.1 Å². The molecular formula is C20H26N2OS. The van der Waals surface area contributed by atoms with E-state index in [1.165, 1.54) is 5.56 Å². The van der Waals surface area contributed by atoms with E-state index in [4.69, 9.17) is 10.9 Å². The van der Waals surface area contributed by atoms with Crippen molar-refractivity contribution in [1.82, 2.24) is 0 Å². The van der Waals surface area contributed by atoms with Gasteiger partial charge < -0.3 is 10.3 Å². The van der Waals surface area contributed by atoms with Crippen LogP contribution in [-0.4, -0.2) is 9.30 Å². The molecule has 0 fully saturated rings. The highest BCUT2D eigenvalue weighted by molar-refractivity contribution is 7.90. The van der Waals surface area contributed by atoms with Crippen LogP contribution in [0.5, 0.6) is 0 Å². The summed E-state index contributed by atoms with van der Waals surface area (Å²) in [6, 6.07) is 16.1. The van der Waals surface area contributed by atoms with Crippen molar-refractivity contribution in [3.05, 3.63) is 71.3 Å². The van der Waals surface area contributed by atoms with Crippen molar-refractivity contribution in [3.63, 3.8) is 0 Å². The number of benzene rings is 2. The van der Waals surface area contributed by atoms with E-state index in [0.717, 1.165) is 16.7 Å². The van der Waals surface area contributed by atoms with Gasteiger partial charge >= 0.3 is 0 Å². The van der Waals surface area contributed by atoms with Crippen molar-refractivity contribution in [2.45, 2.75) is 38.4 Å². The Morgan fingerprint density at radius 2 is 1.67 bits per heavy atom. The molecule has 128 valence electrons. The highest BCUT2D eigenvalue weighted by Crippen LogP contribution is 2.32. The second-order valence-corrected chi connectivity index (χ2v) is 8.47. The van der Waals surface area contributed by atoms with Gasteiger partial charge in [-0.3, -0.25) is 0 Å². The van der Waals surface area contributed by atoms with E-state index in [1.807, 2.05) is 44.2 Å². The third-order valence-corrected chi connectivity index (χ3v) is 5.30. The Morgan fingerprint density at radius 3 is 2.17 bits per heavy atom. The molecule has 24 heavy (non-hydrogen) atoms. The first-order chi connectivity index (χ1) is 11.2. The fourth-order valence-electron chi connectivity index (χ4n) is 2.51. The lowest BCUT2D eigenvalue weighted by molar-refractivity contribution is 0.573. The average Bonchev–Trinajstić information content (AvgIpc) is 2.53. The van der Waals surface area contributed by atoms with Crippen molar-refractivity contribution in [2.24, 2.45) is 5.14 Å². The van der Waals surface area contributed by atoms with E-state index in [9.17, 15) is 4.55 Å². The zero-order valence-corrected chi connectivity index (χ0v) is 15.6. The number of anilines is 1. The number of rotatable bonds is 5. The van der Waals surface area contributed by atoms with Gasteiger partial charge in [-0.1, -0.05) is 56.3 Å². The van der Waals surface area contributed by atoms with Crippen LogP contribution in [0.4, 0.5) is 5.69 Å². The molecule has 3 nitrogen and oxygen atoms in total. The lowest BCUT2D eigenvalue weighted by Crippen LogP contribution is -2.36. The summed E-state index contributed by atoms with van der Waals surface area (Å²) >= 11 is -1.48. The summed E-state index contributed by atoms with van der Waals surface area (Å²) in [5, 5.41) is 5.67. The molecule has 2 rings (SSSR count). The minimum absolute atomic E-state index is 0.473. The van der Waals surface area contributed by atoms with Crippen molar-refractivity contribution >= 4 is 22.6 Å². The largest absolute Gasteiger partial charge is 0.598 e. The van der Waals surface area contributed by atoms with Gasteiger partial charge in [-0.25, -0.2) is 0 Å². The fraction of sp³-hybridized carbons (Fsp3) is 0.300. The maximum Gasteiger partial charge on any atom is 0.158 e. The van der Waals surface area contributed by atoms with Crippen LogP contribution < -0.4 is 10.9 Å². The van der Waals surface area contributed by atoms with Gasteiger partial charge in [-0.2, -0.15) is 5.14 Å².